The van der Waals surface area contributed by atoms with E-state index in [0.717, 1.165) is 29.0 Å². The van der Waals surface area contributed by atoms with E-state index >= 15 is 0 Å². The minimum absolute atomic E-state index is 0.172. The van der Waals surface area contributed by atoms with Gasteiger partial charge in [-0.15, -0.1) is 21.5 Å². The Balaban J connectivity index is 1.56. The van der Waals surface area contributed by atoms with Gasteiger partial charge in [0.15, 0.2) is 0 Å². The molecule has 1 aliphatic carbocycles. The number of hydrogen-bond donors (Lipinski definition) is 1. The summed E-state index contributed by atoms with van der Waals surface area (Å²) < 4.78 is 13.5. The zero-order valence-electron chi connectivity index (χ0n) is 10.6. The first-order valence-electron chi connectivity index (χ1n) is 6.59. The molecule has 19 heavy (non-hydrogen) atoms. The van der Waals surface area contributed by atoms with Gasteiger partial charge in [-0.25, -0.2) is 4.39 Å². The summed E-state index contributed by atoms with van der Waals surface area (Å²) in [6.45, 7) is 0.957. The van der Waals surface area contributed by atoms with Crippen LogP contribution in [0, 0.1) is 5.82 Å². The zero-order valence-corrected chi connectivity index (χ0v) is 11.4. The van der Waals surface area contributed by atoms with Gasteiger partial charge in [-0.05, 0) is 24.5 Å². The van der Waals surface area contributed by atoms with E-state index in [9.17, 15) is 4.39 Å². The minimum atomic E-state index is -0.172. The molecule has 0 saturated heterocycles. The van der Waals surface area contributed by atoms with Crippen molar-refractivity contribution in [3.8, 4) is 0 Å². The number of benzene rings is 1. The van der Waals surface area contributed by atoms with E-state index in [2.05, 4.69) is 15.5 Å². The molecule has 0 spiro atoms. The second-order valence-corrected chi connectivity index (χ2v) is 5.98. The van der Waals surface area contributed by atoms with Crippen LogP contribution in [0.4, 0.5) is 4.39 Å². The Kier molecular flexibility index (Phi) is 3.84. The molecule has 0 unspecified atom stereocenters. The van der Waals surface area contributed by atoms with Crippen molar-refractivity contribution in [2.75, 3.05) is 6.54 Å². The lowest BCUT2D eigenvalue weighted by atomic mass is 10.1. The van der Waals surface area contributed by atoms with Crippen LogP contribution in [-0.2, 0) is 12.8 Å². The van der Waals surface area contributed by atoms with Crippen LogP contribution in [-0.4, -0.2) is 22.8 Å². The molecule has 3 rings (SSSR count). The smallest absolute Gasteiger partial charge is 0.126 e. The van der Waals surface area contributed by atoms with E-state index < -0.39 is 0 Å². The van der Waals surface area contributed by atoms with Crippen molar-refractivity contribution in [1.82, 2.24) is 15.5 Å². The average Bonchev–Trinajstić information content (AvgIpc) is 3.12. The van der Waals surface area contributed by atoms with Gasteiger partial charge in [0, 0.05) is 25.4 Å². The van der Waals surface area contributed by atoms with Gasteiger partial charge in [0.25, 0.3) is 0 Å². The second-order valence-electron chi connectivity index (χ2n) is 4.84. The molecule has 0 amide bonds. The van der Waals surface area contributed by atoms with Gasteiger partial charge >= 0.3 is 0 Å². The number of halogens is 1. The largest absolute Gasteiger partial charge is 0.314 e. The first kappa shape index (κ1) is 12.7. The van der Waals surface area contributed by atoms with Gasteiger partial charge in [0.05, 0.1) is 0 Å². The highest BCUT2D eigenvalue weighted by molar-refractivity contribution is 7.11. The summed E-state index contributed by atoms with van der Waals surface area (Å²) >= 11 is 1.58. The number of aromatic nitrogens is 2. The number of hydrogen-bond acceptors (Lipinski definition) is 4. The molecule has 0 radical (unpaired) electrons. The lowest BCUT2D eigenvalue weighted by Gasteiger charge is -1.99. The molecule has 1 heterocycles. The number of nitrogens with zero attached hydrogens (tertiary/aromatic N) is 2. The van der Waals surface area contributed by atoms with Crippen molar-refractivity contribution in [3.63, 3.8) is 0 Å². The molecule has 1 N–H and O–H groups in total. The standard InChI is InChI=1S/C14H16FN3S/c15-12-4-2-1-3-10(12)9-14-18-17-13(19-14)7-8-16-11-5-6-11/h1-4,11,16H,5-9H2. The summed E-state index contributed by atoms with van der Waals surface area (Å²) in [4.78, 5) is 0. The van der Waals surface area contributed by atoms with Crippen LogP contribution in [0.3, 0.4) is 0 Å². The maximum atomic E-state index is 13.5. The van der Waals surface area contributed by atoms with Gasteiger partial charge < -0.3 is 5.32 Å². The molecule has 1 aliphatic rings. The third-order valence-corrected chi connectivity index (χ3v) is 4.14. The fourth-order valence-corrected chi connectivity index (χ4v) is 2.80. The Bertz CT molecular complexity index is 551. The van der Waals surface area contributed by atoms with E-state index in [1.807, 2.05) is 6.07 Å². The van der Waals surface area contributed by atoms with E-state index in [1.54, 1.807) is 23.5 Å². The first-order chi connectivity index (χ1) is 9.31. The Morgan fingerprint density at radius 3 is 2.79 bits per heavy atom. The molecule has 1 fully saturated rings. The summed E-state index contributed by atoms with van der Waals surface area (Å²) in [5, 5.41) is 13.7. The molecule has 1 aromatic carbocycles. The quantitative estimate of drug-likeness (QED) is 0.882. The van der Waals surface area contributed by atoms with E-state index in [-0.39, 0.29) is 5.82 Å². The first-order valence-corrected chi connectivity index (χ1v) is 7.41. The van der Waals surface area contributed by atoms with Crippen molar-refractivity contribution in [1.29, 1.82) is 0 Å². The SMILES string of the molecule is Fc1ccccc1Cc1nnc(CCNC2CC2)s1. The highest BCUT2D eigenvalue weighted by atomic mass is 32.1. The summed E-state index contributed by atoms with van der Waals surface area (Å²) in [6.07, 6.45) is 4.04. The van der Waals surface area contributed by atoms with E-state index in [4.69, 9.17) is 0 Å². The summed E-state index contributed by atoms with van der Waals surface area (Å²) in [6, 6.07) is 7.56. The van der Waals surface area contributed by atoms with E-state index in [0.29, 0.717) is 12.0 Å². The molecule has 2 aromatic rings. The van der Waals surface area contributed by atoms with Crippen LogP contribution in [0.2, 0.25) is 0 Å². The third kappa shape index (κ3) is 3.58. The normalized spacial score (nSPS) is 14.8. The Morgan fingerprint density at radius 1 is 1.21 bits per heavy atom. The van der Waals surface area contributed by atoms with Crippen molar-refractivity contribution in [2.45, 2.75) is 31.7 Å². The summed E-state index contributed by atoms with van der Waals surface area (Å²) in [7, 11) is 0. The lowest BCUT2D eigenvalue weighted by molar-refractivity contribution is 0.613. The van der Waals surface area contributed by atoms with Crippen molar-refractivity contribution >= 4 is 11.3 Å². The third-order valence-electron chi connectivity index (χ3n) is 3.16. The van der Waals surface area contributed by atoms with Crippen LogP contribution < -0.4 is 5.32 Å². The Hall–Kier alpha value is -1.33. The number of rotatable bonds is 6. The molecular weight excluding hydrogens is 261 g/mol. The Morgan fingerprint density at radius 2 is 2.00 bits per heavy atom. The highest BCUT2D eigenvalue weighted by Crippen LogP contribution is 2.19. The molecule has 0 bridgehead atoms. The van der Waals surface area contributed by atoms with Crippen LogP contribution in [0.1, 0.15) is 28.4 Å². The van der Waals surface area contributed by atoms with Gasteiger partial charge in [0.2, 0.25) is 0 Å². The van der Waals surface area contributed by atoms with Gasteiger partial charge in [0.1, 0.15) is 15.8 Å². The molecule has 1 saturated carbocycles. The highest BCUT2D eigenvalue weighted by Gasteiger charge is 2.19. The van der Waals surface area contributed by atoms with Crippen LogP contribution in [0.25, 0.3) is 0 Å². The topological polar surface area (TPSA) is 37.8 Å². The lowest BCUT2D eigenvalue weighted by Crippen LogP contribution is -2.19. The van der Waals surface area contributed by atoms with Crippen LogP contribution >= 0.6 is 11.3 Å². The van der Waals surface area contributed by atoms with E-state index in [1.165, 1.54) is 18.9 Å². The van der Waals surface area contributed by atoms with Gasteiger partial charge in [-0.3, -0.25) is 0 Å². The molecule has 1 aromatic heterocycles. The van der Waals surface area contributed by atoms with Gasteiger partial charge in [-0.1, -0.05) is 18.2 Å². The molecule has 100 valence electrons. The maximum absolute atomic E-state index is 13.5. The summed E-state index contributed by atoms with van der Waals surface area (Å²) in [5.41, 5.74) is 0.682. The molecule has 0 aliphatic heterocycles. The average molecular weight is 277 g/mol. The van der Waals surface area contributed by atoms with Crippen molar-refractivity contribution in [3.05, 3.63) is 45.7 Å². The fourth-order valence-electron chi connectivity index (χ4n) is 1.94. The monoisotopic (exact) mass is 277 g/mol. The van der Waals surface area contributed by atoms with Crippen LogP contribution in [0.15, 0.2) is 24.3 Å². The van der Waals surface area contributed by atoms with Crippen LogP contribution in [0.5, 0.6) is 0 Å². The molecular formula is C14H16FN3S. The molecule has 3 nitrogen and oxygen atoms in total. The zero-order chi connectivity index (χ0) is 13.1. The van der Waals surface area contributed by atoms with Crippen molar-refractivity contribution < 1.29 is 4.39 Å². The van der Waals surface area contributed by atoms with Crippen molar-refractivity contribution in [2.24, 2.45) is 0 Å². The second kappa shape index (κ2) is 5.75. The Labute approximate surface area is 115 Å². The molecule has 5 heteroatoms. The number of nitrogens with one attached hydrogen (secondary N) is 1. The summed E-state index contributed by atoms with van der Waals surface area (Å²) in [5.74, 6) is -0.172. The van der Waals surface area contributed by atoms with Gasteiger partial charge in [-0.2, -0.15) is 0 Å². The fraction of sp³-hybridized carbons (Fsp3) is 0.429. The predicted molar refractivity (Wildman–Crippen MR) is 73.8 cm³/mol. The predicted octanol–water partition coefficient (Wildman–Crippen LogP) is 2.56. The minimum Gasteiger partial charge on any atom is -0.314 e. The molecule has 0 atom stereocenters. The maximum Gasteiger partial charge on any atom is 0.126 e.